The number of carboxylic acid groups (broad SMARTS) is 2. The number of carbonyl (C=O) groups is 2. The number of benzene rings is 1. The number of nitriles is 1. The van der Waals surface area contributed by atoms with Gasteiger partial charge in [-0.2, -0.15) is 5.26 Å². The minimum absolute atomic E-state index is 0.175. The fourth-order valence-electron chi connectivity index (χ4n) is 5.27. The van der Waals surface area contributed by atoms with Gasteiger partial charge in [0.2, 0.25) is 0 Å². The SMILES string of the molecule is CC1(C)CC(NC2CCC(C#N)(c3ccccc3)CC2)CC(C)(C)N1.O=C(O)C(=O)O. The lowest BCUT2D eigenvalue weighted by molar-refractivity contribution is -0.159. The van der Waals surface area contributed by atoms with Crippen LogP contribution in [0.4, 0.5) is 0 Å². The minimum Gasteiger partial charge on any atom is -0.473 e. The van der Waals surface area contributed by atoms with E-state index in [4.69, 9.17) is 19.8 Å². The van der Waals surface area contributed by atoms with Crippen LogP contribution < -0.4 is 10.6 Å². The summed E-state index contributed by atoms with van der Waals surface area (Å²) in [6, 6.07) is 14.1. The van der Waals surface area contributed by atoms with Gasteiger partial charge in [0.15, 0.2) is 0 Å². The smallest absolute Gasteiger partial charge is 0.414 e. The van der Waals surface area contributed by atoms with Crippen molar-refractivity contribution in [2.45, 2.75) is 94.8 Å². The Labute approximate surface area is 184 Å². The van der Waals surface area contributed by atoms with Crippen molar-refractivity contribution < 1.29 is 19.8 Å². The van der Waals surface area contributed by atoms with Crippen LogP contribution >= 0.6 is 0 Å². The molecule has 4 N–H and O–H groups in total. The third kappa shape index (κ3) is 7.05. The Morgan fingerprint density at radius 3 is 1.87 bits per heavy atom. The van der Waals surface area contributed by atoms with Gasteiger partial charge in [0, 0.05) is 23.2 Å². The maximum atomic E-state index is 9.86. The molecule has 0 spiro atoms. The van der Waals surface area contributed by atoms with E-state index < -0.39 is 11.9 Å². The average Bonchev–Trinajstić information content (AvgIpc) is 2.67. The molecule has 170 valence electrons. The number of carboxylic acids is 2. The van der Waals surface area contributed by atoms with Gasteiger partial charge in [-0.15, -0.1) is 0 Å². The summed E-state index contributed by atoms with van der Waals surface area (Å²) in [5.41, 5.74) is 1.26. The molecule has 1 aromatic carbocycles. The zero-order valence-electron chi connectivity index (χ0n) is 18.9. The predicted octanol–water partition coefficient (Wildman–Crippen LogP) is 3.44. The lowest BCUT2D eigenvalue weighted by atomic mass is 9.69. The van der Waals surface area contributed by atoms with Gasteiger partial charge < -0.3 is 20.8 Å². The largest absolute Gasteiger partial charge is 0.473 e. The summed E-state index contributed by atoms with van der Waals surface area (Å²) in [6.07, 6.45) is 6.43. The zero-order valence-corrected chi connectivity index (χ0v) is 18.9. The monoisotopic (exact) mass is 429 g/mol. The average molecular weight is 430 g/mol. The molecule has 1 heterocycles. The molecule has 1 saturated heterocycles. The molecule has 7 heteroatoms. The maximum absolute atomic E-state index is 9.86. The van der Waals surface area contributed by atoms with Crippen LogP contribution in [0.1, 0.15) is 71.8 Å². The van der Waals surface area contributed by atoms with Crippen molar-refractivity contribution in [3.63, 3.8) is 0 Å². The van der Waals surface area contributed by atoms with Crippen molar-refractivity contribution in [1.82, 2.24) is 10.6 Å². The van der Waals surface area contributed by atoms with E-state index in [1.165, 1.54) is 5.56 Å². The van der Waals surface area contributed by atoms with E-state index in [2.05, 4.69) is 68.7 Å². The highest BCUT2D eigenvalue weighted by Crippen LogP contribution is 2.39. The molecule has 0 unspecified atom stereocenters. The Morgan fingerprint density at radius 2 is 1.45 bits per heavy atom. The molecule has 1 aliphatic carbocycles. The van der Waals surface area contributed by atoms with Crippen LogP contribution in [0.25, 0.3) is 0 Å². The fourth-order valence-corrected chi connectivity index (χ4v) is 5.27. The molecule has 2 aliphatic rings. The normalized spacial score (nSPS) is 27.3. The van der Waals surface area contributed by atoms with Crippen LogP contribution in [-0.4, -0.2) is 45.3 Å². The molecule has 0 radical (unpaired) electrons. The first-order chi connectivity index (χ1) is 14.4. The predicted molar refractivity (Wildman–Crippen MR) is 119 cm³/mol. The van der Waals surface area contributed by atoms with Crippen LogP contribution in [-0.2, 0) is 15.0 Å². The van der Waals surface area contributed by atoms with Crippen molar-refractivity contribution in [2.24, 2.45) is 0 Å². The summed E-state index contributed by atoms with van der Waals surface area (Å²) in [7, 11) is 0. The van der Waals surface area contributed by atoms with Crippen LogP contribution in [0, 0.1) is 11.3 Å². The van der Waals surface area contributed by atoms with Gasteiger partial charge in [0.1, 0.15) is 0 Å². The first-order valence-electron chi connectivity index (χ1n) is 10.9. The first-order valence-corrected chi connectivity index (χ1v) is 10.9. The van der Waals surface area contributed by atoms with Crippen molar-refractivity contribution in [1.29, 1.82) is 5.26 Å². The number of piperidine rings is 1. The van der Waals surface area contributed by atoms with E-state index in [0.717, 1.165) is 38.5 Å². The summed E-state index contributed by atoms with van der Waals surface area (Å²) in [4.78, 5) is 18.2. The molecule has 3 rings (SSSR count). The molecule has 7 nitrogen and oxygen atoms in total. The van der Waals surface area contributed by atoms with Gasteiger partial charge in [-0.05, 0) is 71.8 Å². The van der Waals surface area contributed by atoms with Crippen LogP contribution in [0.3, 0.4) is 0 Å². The second kappa shape index (κ2) is 9.80. The number of rotatable bonds is 3. The standard InChI is InChI=1S/C22H33N3.C2H2O4/c1-20(2)14-19(15-21(3,4)25-20)24-18-10-12-22(16-23,13-11-18)17-8-6-5-7-9-17;3-1(4)2(5)6/h5-9,18-19,24-25H,10-15H2,1-4H3;(H,3,4)(H,5,6). The van der Waals surface area contributed by atoms with Gasteiger partial charge in [0.05, 0.1) is 11.5 Å². The van der Waals surface area contributed by atoms with Gasteiger partial charge >= 0.3 is 11.9 Å². The molecular formula is C24H35N3O4. The molecule has 0 amide bonds. The molecule has 1 aromatic rings. The molecule has 0 aromatic heterocycles. The van der Waals surface area contributed by atoms with Gasteiger partial charge in [-0.1, -0.05) is 30.3 Å². The van der Waals surface area contributed by atoms with Crippen LogP contribution in [0.15, 0.2) is 30.3 Å². The summed E-state index contributed by atoms with van der Waals surface area (Å²) < 4.78 is 0. The number of hydrogen-bond donors (Lipinski definition) is 4. The zero-order chi connectivity index (χ0) is 23.3. The lowest BCUT2D eigenvalue weighted by Crippen LogP contribution is -2.62. The van der Waals surface area contributed by atoms with E-state index in [9.17, 15) is 5.26 Å². The first kappa shape index (κ1) is 24.8. The van der Waals surface area contributed by atoms with E-state index in [1.807, 2.05) is 6.07 Å². The van der Waals surface area contributed by atoms with E-state index in [1.54, 1.807) is 0 Å². The van der Waals surface area contributed by atoms with Gasteiger partial charge in [-0.25, -0.2) is 9.59 Å². The molecule has 1 aliphatic heterocycles. The second-order valence-corrected chi connectivity index (χ2v) is 10.1. The molecule has 0 atom stereocenters. The number of hydrogen-bond acceptors (Lipinski definition) is 5. The summed E-state index contributed by atoms with van der Waals surface area (Å²) >= 11 is 0. The Kier molecular flexibility index (Phi) is 7.85. The number of aliphatic carboxylic acids is 2. The van der Waals surface area contributed by atoms with E-state index in [0.29, 0.717) is 12.1 Å². The van der Waals surface area contributed by atoms with Crippen molar-refractivity contribution >= 4 is 11.9 Å². The molecule has 0 bridgehead atoms. The Bertz CT molecular complexity index is 778. The Balaban J connectivity index is 0.000000501. The van der Waals surface area contributed by atoms with Gasteiger partial charge in [0.25, 0.3) is 0 Å². The van der Waals surface area contributed by atoms with Crippen LogP contribution in [0.2, 0.25) is 0 Å². The number of nitrogens with one attached hydrogen (secondary N) is 2. The Hall–Kier alpha value is -2.43. The van der Waals surface area contributed by atoms with Crippen molar-refractivity contribution in [3.05, 3.63) is 35.9 Å². The number of nitrogens with zero attached hydrogens (tertiary/aromatic N) is 1. The maximum Gasteiger partial charge on any atom is 0.414 e. The van der Waals surface area contributed by atoms with Crippen LogP contribution in [0.5, 0.6) is 0 Å². The topological polar surface area (TPSA) is 122 Å². The van der Waals surface area contributed by atoms with E-state index in [-0.39, 0.29) is 16.5 Å². The van der Waals surface area contributed by atoms with Crippen molar-refractivity contribution in [2.75, 3.05) is 0 Å². The fraction of sp³-hybridized carbons (Fsp3) is 0.625. The lowest BCUT2D eigenvalue weighted by Gasteiger charge is -2.48. The third-order valence-corrected chi connectivity index (χ3v) is 6.22. The van der Waals surface area contributed by atoms with Crippen molar-refractivity contribution in [3.8, 4) is 6.07 Å². The molecule has 1 saturated carbocycles. The summed E-state index contributed by atoms with van der Waals surface area (Å²) in [5.74, 6) is -3.65. The summed E-state index contributed by atoms with van der Waals surface area (Å²) in [5, 5.41) is 32.3. The Morgan fingerprint density at radius 1 is 0.968 bits per heavy atom. The van der Waals surface area contributed by atoms with Gasteiger partial charge in [-0.3, -0.25) is 0 Å². The highest BCUT2D eigenvalue weighted by molar-refractivity contribution is 6.27. The molecule has 31 heavy (non-hydrogen) atoms. The summed E-state index contributed by atoms with van der Waals surface area (Å²) in [6.45, 7) is 9.22. The molecular weight excluding hydrogens is 394 g/mol. The third-order valence-electron chi connectivity index (χ3n) is 6.22. The highest BCUT2D eigenvalue weighted by Gasteiger charge is 2.41. The quantitative estimate of drug-likeness (QED) is 0.543. The minimum atomic E-state index is -1.82. The molecule has 2 fully saturated rings. The highest BCUT2D eigenvalue weighted by atomic mass is 16.4. The second-order valence-electron chi connectivity index (χ2n) is 10.1. The van der Waals surface area contributed by atoms with E-state index >= 15 is 0 Å².